The lowest BCUT2D eigenvalue weighted by molar-refractivity contribution is 0.0713. The van der Waals surface area contributed by atoms with Crippen molar-refractivity contribution in [3.8, 4) is 0 Å². The maximum absolute atomic E-state index is 12.8. The Labute approximate surface area is 154 Å². The van der Waals surface area contributed by atoms with E-state index in [1.54, 1.807) is 0 Å². The molecule has 4 rings (SSSR count). The number of nitrogens with one attached hydrogen (secondary N) is 1. The summed E-state index contributed by atoms with van der Waals surface area (Å²) in [6.45, 7) is 5.95. The number of piperidine rings is 1. The number of H-pyrrole nitrogens is 1. The maximum atomic E-state index is 12.8. The molecule has 3 heterocycles. The van der Waals surface area contributed by atoms with Crippen LogP contribution in [0, 0.1) is 0 Å². The van der Waals surface area contributed by atoms with Crippen molar-refractivity contribution in [2.75, 3.05) is 13.1 Å². The Morgan fingerprint density at radius 1 is 1.15 bits per heavy atom. The zero-order chi connectivity index (χ0) is 18.1. The van der Waals surface area contributed by atoms with Crippen molar-refractivity contribution in [1.82, 2.24) is 14.9 Å². The Kier molecular flexibility index (Phi) is 4.49. The van der Waals surface area contributed by atoms with Crippen molar-refractivity contribution in [2.45, 2.75) is 38.5 Å². The first-order valence-electron chi connectivity index (χ1n) is 9.44. The van der Waals surface area contributed by atoms with Gasteiger partial charge in [0.2, 0.25) is 0 Å². The number of nitrogens with zero attached hydrogens (tertiary/aromatic N) is 2. The SMILES string of the molecule is CC(C)c1ccc(C(=O)N2CCC(c3c[nH]c4ncccc34)CC2)cc1. The Morgan fingerprint density at radius 2 is 1.88 bits per heavy atom. The summed E-state index contributed by atoms with van der Waals surface area (Å²) in [5.74, 6) is 1.13. The predicted molar refractivity (Wildman–Crippen MR) is 105 cm³/mol. The van der Waals surface area contributed by atoms with Crippen molar-refractivity contribution in [2.24, 2.45) is 0 Å². The van der Waals surface area contributed by atoms with Crippen molar-refractivity contribution in [3.63, 3.8) is 0 Å². The van der Waals surface area contributed by atoms with Crippen molar-refractivity contribution in [1.29, 1.82) is 0 Å². The van der Waals surface area contributed by atoms with E-state index in [0.717, 1.165) is 37.1 Å². The zero-order valence-corrected chi connectivity index (χ0v) is 15.4. The summed E-state index contributed by atoms with van der Waals surface area (Å²) in [5.41, 5.74) is 4.35. The second-order valence-corrected chi connectivity index (χ2v) is 7.49. The van der Waals surface area contributed by atoms with Crippen LogP contribution in [0.1, 0.15) is 60.0 Å². The number of aromatic amines is 1. The molecule has 3 aromatic rings. The number of likely N-dealkylation sites (tertiary alicyclic amines) is 1. The average molecular weight is 347 g/mol. The predicted octanol–water partition coefficient (Wildman–Crippen LogP) is 4.71. The lowest BCUT2D eigenvalue weighted by Gasteiger charge is -2.32. The Bertz CT molecular complexity index is 903. The number of amides is 1. The van der Waals surface area contributed by atoms with E-state index in [-0.39, 0.29) is 5.91 Å². The molecular weight excluding hydrogens is 322 g/mol. The highest BCUT2D eigenvalue weighted by atomic mass is 16.2. The minimum Gasteiger partial charge on any atom is -0.346 e. The van der Waals surface area contributed by atoms with Crippen LogP contribution in [0.25, 0.3) is 11.0 Å². The van der Waals surface area contributed by atoms with Gasteiger partial charge in [0, 0.05) is 36.4 Å². The molecule has 0 spiro atoms. The number of carbonyl (C=O) groups is 1. The first-order valence-corrected chi connectivity index (χ1v) is 9.44. The number of hydrogen-bond donors (Lipinski definition) is 1. The van der Waals surface area contributed by atoms with Gasteiger partial charge in [0.1, 0.15) is 5.65 Å². The van der Waals surface area contributed by atoms with E-state index >= 15 is 0 Å². The number of rotatable bonds is 3. The van der Waals surface area contributed by atoms with Gasteiger partial charge in [-0.3, -0.25) is 4.79 Å². The van der Waals surface area contributed by atoms with E-state index in [4.69, 9.17) is 0 Å². The van der Waals surface area contributed by atoms with Gasteiger partial charge in [-0.15, -0.1) is 0 Å². The first-order chi connectivity index (χ1) is 12.6. The number of fused-ring (bicyclic) bond motifs is 1. The van der Waals surface area contributed by atoms with Crippen LogP contribution in [0.4, 0.5) is 0 Å². The topological polar surface area (TPSA) is 49.0 Å². The van der Waals surface area contributed by atoms with Crippen LogP contribution >= 0.6 is 0 Å². The van der Waals surface area contributed by atoms with Crippen molar-refractivity contribution < 1.29 is 4.79 Å². The van der Waals surface area contributed by atoms with E-state index in [0.29, 0.717) is 11.8 Å². The standard InChI is InChI=1S/C22H25N3O/c1-15(2)16-5-7-18(8-6-16)22(26)25-12-9-17(10-13-25)20-14-24-21-19(20)4-3-11-23-21/h3-8,11,14-15,17H,9-10,12-13H2,1-2H3,(H,23,24). The Morgan fingerprint density at radius 3 is 2.58 bits per heavy atom. The normalized spacial score (nSPS) is 15.7. The zero-order valence-electron chi connectivity index (χ0n) is 15.4. The summed E-state index contributed by atoms with van der Waals surface area (Å²) < 4.78 is 0. The molecular formula is C22H25N3O. The minimum atomic E-state index is 0.152. The molecule has 134 valence electrons. The molecule has 1 aliphatic heterocycles. The number of pyridine rings is 1. The molecule has 0 aliphatic carbocycles. The molecule has 0 unspecified atom stereocenters. The number of benzene rings is 1. The fourth-order valence-corrected chi connectivity index (χ4v) is 3.90. The highest BCUT2D eigenvalue weighted by Crippen LogP contribution is 2.33. The third-order valence-electron chi connectivity index (χ3n) is 5.53. The lowest BCUT2D eigenvalue weighted by Crippen LogP contribution is -2.37. The molecule has 1 aliphatic rings. The quantitative estimate of drug-likeness (QED) is 0.746. The van der Waals surface area contributed by atoms with Crippen LogP contribution < -0.4 is 0 Å². The largest absolute Gasteiger partial charge is 0.346 e. The van der Waals surface area contributed by atoms with Crippen LogP contribution in [0.5, 0.6) is 0 Å². The summed E-state index contributed by atoms with van der Waals surface area (Å²) >= 11 is 0. The third kappa shape index (κ3) is 3.12. The van der Waals surface area contributed by atoms with E-state index in [2.05, 4.69) is 48.2 Å². The monoisotopic (exact) mass is 347 g/mol. The maximum Gasteiger partial charge on any atom is 0.253 e. The van der Waals surface area contributed by atoms with Crippen molar-refractivity contribution in [3.05, 3.63) is 65.5 Å². The molecule has 2 aromatic heterocycles. The molecule has 0 atom stereocenters. The number of carbonyl (C=O) groups excluding carboxylic acids is 1. The number of aromatic nitrogens is 2. The summed E-state index contributed by atoms with van der Waals surface area (Å²) in [4.78, 5) is 22.4. The van der Waals surface area contributed by atoms with E-state index in [9.17, 15) is 4.79 Å². The molecule has 1 fully saturated rings. The van der Waals surface area contributed by atoms with Gasteiger partial charge in [-0.1, -0.05) is 26.0 Å². The number of hydrogen-bond acceptors (Lipinski definition) is 2. The smallest absolute Gasteiger partial charge is 0.253 e. The third-order valence-corrected chi connectivity index (χ3v) is 5.53. The molecule has 4 heteroatoms. The van der Waals surface area contributed by atoms with E-state index in [1.165, 1.54) is 16.5 Å². The fourth-order valence-electron chi connectivity index (χ4n) is 3.90. The van der Waals surface area contributed by atoms with Crippen molar-refractivity contribution >= 4 is 16.9 Å². The van der Waals surface area contributed by atoms with Gasteiger partial charge in [0.25, 0.3) is 5.91 Å². The molecule has 1 saturated heterocycles. The van der Waals surface area contributed by atoms with Gasteiger partial charge in [0.15, 0.2) is 0 Å². The first kappa shape index (κ1) is 16.8. The van der Waals surface area contributed by atoms with Gasteiger partial charge >= 0.3 is 0 Å². The van der Waals surface area contributed by atoms with Crippen LogP contribution in [0.3, 0.4) is 0 Å². The summed E-state index contributed by atoms with van der Waals surface area (Å²) in [5, 5.41) is 1.21. The molecule has 0 radical (unpaired) electrons. The van der Waals surface area contributed by atoms with Crippen LogP contribution in [0.15, 0.2) is 48.8 Å². The van der Waals surface area contributed by atoms with Gasteiger partial charge < -0.3 is 9.88 Å². The molecule has 0 bridgehead atoms. The summed E-state index contributed by atoms with van der Waals surface area (Å²) in [7, 11) is 0. The molecule has 0 saturated carbocycles. The highest BCUT2D eigenvalue weighted by Gasteiger charge is 2.26. The Balaban J connectivity index is 1.44. The Hall–Kier alpha value is -2.62. The summed E-state index contributed by atoms with van der Waals surface area (Å²) in [6.07, 6.45) is 5.90. The highest BCUT2D eigenvalue weighted by molar-refractivity contribution is 5.94. The molecule has 26 heavy (non-hydrogen) atoms. The molecule has 1 N–H and O–H groups in total. The lowest BCUT2D eigenvalue weighted by atomic mass is 9.89. The fraction of sp³-hybridized carbons (Fsp3) is 0.364. The second kappa shape index (κ2) is 6.94. The molecule has 4 nitrogen and oxygen atoms in total. The van der Waals surface area contributed by atoms with Crippen LogP contribution in [-0.4, -0.2) is 33.9 Å². The minimum absolute atomic E-state index is 0.152. The van der Waals surface area contributed by atoms with Crippen LogP contribution in [-0.2, 0) is 0 Å². The van der Waals surface area contributed by atoms with Gasteiger partial charge in [-0.05, 0) is 60.1 Å². The summed E-state index contributed by atoms with van der Waals surface area (Å²) in [6, 6.07) is 12.2. The second-order valence-electron chi connectivity index (χ2n) is 7.49. The van der Waals surface area contributed by atoms with Gasteiger partial charge in [-0.2, -0.15) is 0 Å². The van der Waals surface area contributed by atoms with E-state index in [1.807, 2.05) is 29.3 Å². The van der Waals surface area contributed by atoms with E-state index < -0.39 is 0 Å². The molecule has 1 amide bonds. The van der Waals surface area contributed by atoms with Crippen LogP contribution in [0.2, 0.25) is 0 Å². The van der Waals surface area contributed by atoms with Gasteiger partial charge in [-0.25, -0.2) is 4.98 Å². The average Bonchev–Trinajstić information content (AvgIpc) is 3.12. The van der Waals surface area contributed by atoms with Gasteiger partial charge in [0.05, 0.1) is 0 Å². The molecule has 1 aromatic carbocycles.